The first kappa shape index (κ1) is 12.2. The number of nitrogens with two attached hydrogens (primary N) is 1. The van der Waals surface area contributed by atoms with E-state index >= 15 is 0 Å². The van der Waals surface area contributed by atoms with Crippen molar-refractivity contribution in [1.82, 2.24) is 4.98 Å². The molecule has 0 spiro atoms. The number of nitrogens with zero attached hydrogens (tertiary/aromatic N) is 1. The summed E-state index contributed by atoms with van der Waals surface area (Å²) < 4.78 is 1.88. The largest absolute Gasteiger partial charge is 0.318 e. The minimum Gasteiger partial charge on any atom is -0.318 e. The predicted octanol–water partition coefficient (Wildman–Crippen LogP) is 4.02. The SMILES string of the molecule is Cc1ccsc1C(N)c1ncc(Br)cc1Br. The Morgan fingerprint density at radius 3 is 2.75 bits per heavy atom. The maximum Gasteiger partial charge on any atom is 0.0834 e. The average Bonchev–Trinajstić information content (AvgIpc) is 2.63. The van der Waals surface area contributed by atoms with Crippen molar-refractivity contribution in [1.29, 1.82) is 0 Å². The number of pyridine rings is 1. The number of hydrogen-bond donors (Lipinski definition) is 1. The van der Waals surface area contributed by atoms with Crippen LogP contribution < -0.4 is 5.73 Å². The van der Waals surface area contributed by atoms with Gasteiger partial charge < -0.3 is 5.73 Å². The Morgan fingerprint density at radius 1 is 1.44 bits per heavy atom. The van der Waals surface area contributed by atoms with Crippen molar-refractivity contribution in [2.45, 2.75) is 13.0 Å². The second-order valence-corrected chi connectivity index (χ2v) is 6.18. The molecule has 5 heteroatoms. The van der Waals surface area contributed by atoms with Gasteiger partial charge in [0.1, 0.15) is 0 Å². The summed E-state index contributed by atoms with van der Waals surface area (Å²) in [5.41, 5.74) is 8.30. The lowest BCUT2D eigenvalue weighted by Gasteiger charge is -2.12. The maximum atomic E-state index is 6.22. The Balaban J connectivity index is 2.41. The van der Waals surface area contributed by atoms with Gasteiger partial charge in [-0.2, -0.15) is 0 Å². The molecule has 2 heterocycles. The number of thiophene rings is 1. The highest BCUT2D eigenvalue weighted by Crippen LogP contribution is 2.31. The molecule has 0 saturated heterocycles. The molecule has 0 aliphatic carbocycles. The summed E-state index contributed by atoms with van der Waals surface area (Å²) in [5.74, 6) is 0. The van der Waals surface area contributed by atoms with Gasteiger partial charge in [0.25, 0.3) is 0 Å². The van der Waals surface area contributed by atoms with E-state index < -0.39 is 0 Å². The number of rotatable bonds is 2. The fraction of sp³-hybridized carbons (Fsp3) is 0.182. The molecule has 0 amide bonds. The highest BCUT2D eigenvalue weighted by molar-refractivity contribution is 9.11. The van der Waals surface area contributed by atoms with Crippen molar-refractivity contribution < 1.29 is 0 Å². The highest BCUT2D eigenvalue weighted by atomic mass is 79.9. The third-order valence-electron chi connectivity index (χ3n) is 2.32. The number of hydrogen-bond acceptors (Lipinski definition) is 3. The van der Waals surface area contributed by atoms with Crippen molar-refractivity contribution in [2.24, 2.45) is 5.73 Å². The Kier molecular flexibility index (Phi) is 3.79. The Bertz CT molecular complexity index is 510. The van der Waals surface area contributed by atoms with E-state index in [0.717, 1.165) is 19.5 Å². The van der Waals surface area contributed by atoms with Crippen molar-refractivity contribution in [3.05, 3.63) is 48.8 Å². The smallest absolute Gasteiger partial charge is 0.0834 e. The molecule has 16 heavy (non-hydrogen) atoms. The summed E-state index contributed by atoms with van der Waals surface area (Å²) in [6, 6.07) is 3.88. The van der Waals surface area contributed by atoms with Crippen molar-refractivity contribution in [3.63, 3.8) is 0 Å². The fourth-order valence-electron chi connectivity index (χ4n) is 1.48. The molecule has 2 aromatic heterocycles. The lowest BCUT2D eigenvalue weighted by molar-refractivity contribution is 0.832. The quantitative estimate of drug-likeness (QED) is 0.877. The standard InChI is InChI=1S/C11H10Br2N2S/c1-6-2-3-16-11(6)9(14)10-8(13)4-7(12)5-15-10/h2-5,9H,14H2,1H3. The van der Waals surface area contributed by atoms with Crippen LogP contribution in [0.3, 0.4) is 0 Å². The Hall–Kier alpha value is -0.230. The van der Waals surface area contributed by atoms with Crippen LogP contribution in [0.25, 0.3) is 0 Å². The first-order chi connectivity index (χ1) is 7.59. The summed E-state index contributed by atoms with van der Waals surface area (Å²) in [7, 11) is 0. The zero-order valence-electron chi connectivity index (χ0n) is 8.58. The number of halogens is 2. The molecule has 0 radical (unpaired) electrons. The van der Waals surface area contributed by atoms with Crippen LogP contribution in [0.1, 0.15) is 22.2 Å². The van der Waals surface area contributed by atoms with E-state index in [4.69, 9.17) is 5.73 Å². The molecule has 2 aromatic rings. The molecule has 0 saturated carbocycles. The highest BCUT2D eigenvalue weighted by Gasteiger charge is 2.16. The van der Waals surface area contributed by atoms with Gasteiger partial charge in [-0.3, -0.25) is 4.98 Å². The van der Waals surface area contributed by atoms with Gasteiger partial charge in [0.05, 0.1) is 11.7 Å². The van der Waals surface area contributed by atoms with Crippen LogP contribution in [0.15, 0.2) is 32.7 Å². The second-order valence-electron chi connectivity index (χ2n) is 3.47. The molecular formula is C11H10Br2N2S. The van der Waals surface area contributed by atoms with Gasteiger partial charge >= 0.3 is 0 Å². The first-order valence-electron chi connectivity index (χ1n) is 4.70. The summed E-state index contributed by atoms with van der Waals surface area (Å²) in [4.78, 5) is 5.53. The lowest BCUT2D eigenvalue weighted by atomic mass is 10.1. The van der Waals surface area contributed by atoms with E-state index in [0.29, 0.717) is 0 Å². The van der Waals surface area contributed by atoms with Crippen molar-refractivity contribution >= 4 is 43.2 Å². The molecule has 0 bridgehead atoms. The normalized spacial score (nSPS) is 12.8. The van der Waals surface area contributed by atoms with Gasteiger partial charge in [0.15, 0.2) is 0 Å². The number of aryl methyl sites for hydroxylation is 1. The van der Waals surface area contributed by atoms with Crippen LogP contribution in [0, 0.1) is 6.92 Å². The molecular weight excluding hydrogens is 352 g/mol. The Morgan fingerprint density at radius 2 is 2.19 bits per heavy atom. The molecule has 2 N–H and O–H groups in total. The van der Waals surface area contributed by atoms with Gasteiger partial charge in [-0.05, 0) is 61.9 Å². The summed E-state index contributed by atoms with van der Waals surface area (Å²) >= 11 is 8.54. The zero-order valence-corrected chi connectivity index (χ0v) is 12.6. The maximum absolute atomic E-state index is 6.22. The number of aromatic nitrogens is 1. The van der Waals surface area contributed by atoms with E-state index in [1.54, 1.807) is 17.5 Å². The zero-order chi connectivity index (χ0) is 11.7. The average molecular weight is 362 g/mol. The van der Waals surface area contributed by atoms with Crippen LogP contribution in [-0.4, -0.2) is 4.98 Å². The minimum absolute atomic E-state index is 0.164. The van der Waals surface area contributed by atoms with Gasteiger partial charge in [-0.15, -0.1) is 11.3 Å². The van der Waals surface area contributed by atoms with Gasteiger partial charge in [0.2, 0.25) is 0 Å². The predicted molar refractivity (Wildman–Crippen MR) is 74.7 cm³/mol. The molecule has 0 aliphatic heterocycles. The second kappa shape index (κ2) is 4.96. The molecule has 84 valence electrons. The topological polar surface area (TPSA) is 38.9 Å². The molecule has 0 fully saturated rings. The third-order valence-corrected chi connectivity index (χ3v) is 4.49. The van der Waals surface area contributed by atoms with Crippen molar-refractivity contribution in [2.75, 3.05) is 0 Å². The van der Waals surface area contributed by atoms with Gasteiger partial charge in [-0.1, -0.05) is 0 Å². The van der Waals surface area contributed by atoms with Gasteiger partial charge in [-0.25, -0.2) is 0 Å². The third kappa shape index (κ3) is 2.37. The van der Waals surface area contributed by atoms with E-state index in [9.17, 15) is 0 Å². The molecule has 2 rings (SSSR count). The molecule has 0 aromatic carbocycles. The first-order valence-corrected chi connectivity index (χ1v) is 7.16. The van der Waals surface area contributed by atoms with Crippen molar-refractivity contribution in [3.8, 4) is 0 Å². The van der Waals surface area contributed by atoms with E-state index in [2.05, 4.69) is 55.2 Å². The van der Waals surface area contributed by atoms with E-state index in [1.165, 1.54) is 5.56 Å². The molecule has 0 aliphatic rings. The van der Waals surface area contributed by atoms with Crippen LogP contribution in [-0.2, 0) is 0 Å². The van der Waals surface area contributed by atoms with Crippen LogP contribution in [0.4, 0.5) is 0 Å². The monoisotopic (exact) mass is 360 g/mol. The van der Waals surface area contributed by atoms with Crippen LogP contribution in [0.2, 0.25) is 0 Å². The van der Waals surface area contributed by atoms with E-state index in [-0.39, 0.29) is 6.04 Å². The van der Waals surface area contributed by atoms with E-state index in [1.807, 2.05) is 6.07 Å². The minimum atomic E-state index is -0.164. The summed E-state index contributed by atoms with van der Waals surface area (Å²) in [6.45, 7) is 2.07. The molecule has 1 atom stereocenters. The Labute approximate surface area is 115 Å². The summed E-state index contributed by atoms with van der Waals surface area (Å²) in [6.07, 6.45) is 1.77. The van der Waals surface area contributed by atoms with Gasteiger partial charge in [0, 0.05) is 20.0 Å². The molecule has 1 unspecified atom stereocenters. The van der Waals surface area contributed by atoms with Crippen LogP contribution >= 0.6 is 43.2 Å². The summed E-state index contributed by atoms with van der Waals surface area (Å²) in [5, 5.41) is 2.05. The molecule has 2 nitrogen and oxygen atoms in total. The lowest BCUT2D eigenvalue weighted by Crippen LogP contribution is -2.13. The van der Waals surface area contributed by atoms with Crippen LogP contribution in [0.5, 0.6) is 0 Å². The fourth-order valence-corrected chi connectivity index (χ4v) is 3.65.